The molecule has 8 heteroatoms. The number of carbonyl (C=O) groups excluding carboxylic acids is 2. The molecule has 0 aliphatic heterocycles. The molecule has 0 radical (unpaired) electrons. The normalized spacial score (nSPS) is 8.00. The quantitative estimate of drug-likeness (QED) is 0.568. The number of carbonyl (C=O) groups is 2. The van der Waals surface area contributed by atoms with E-state index in [2.05, 4.69) is 9.97 Å². The van der Waals surface area contributed by atoms with Crippen LogP contribution in [0.3, 0.4) is 0 Å². The van der Waals surface area contributed by atoms with E-state index >= 15 is 0 Å². The second-order valence-electron chi connectivity index (χ2n) is 3.05. The fraction of sp³-hybridized carbons (Fsp3) is 0. The average molecular weight is 287 g/mol. The SMILES string of the molecule is O.O=C([O-])c1cccc(C(=O)[O-])c1.[Mg+2].c1cnccn1. The molecule has 2 rings (SSSR count). The zero-order valence-electron chi connectivity index (χ0n) is 10.4. The van der Waals surface area contributed by atoms with Crippen LogP contribution in [0.1, 0.15) is 20.7 Å². The van der Waals surface area contributed by atoms with Gasteiger partial charge in [0, 0.05) is 24.8 Å². The van der Waals surface area contributed by atoms with Gasteiger partial charge in [-0.05, 0) is 17.2 Å². The first-order valence-electron chi connectivity index (χ1n) is 4.84. The van der Waals surface area contributed by atoms with Crippen LogP contribution in [0.25, 0.3) is 0 Å². The van der Waals surface area contributed by atoms with Crippen molar-refractivity contribution in [2.45, 2.75) is 0 Å². The van der Waals surface area contributed by atoms with E-state index in [-0.39, 0.29) is 39.7 Å². The largest absolute Gasteiger partial charge is 2.00 e. The van der Waals surface area contributed by atoms with Crippen LogP contribution >= 0.6 is 0 Å². The van der Waals surface area contributed by atoms with E-state index in [0.717, 1.165) is 6.07 Å². The molecule has 0 saturated heterocycles. The maximum Gasteiger partial charge on any atom is 2.00 e. The predicted octanol–water partition coefficient (Wildman–Crippen LogP) is -2.32. The molecule has 1 aromatic carbocycles. The minimum absolute atomic E-state index is 0. The minimum atomic E-state index is -1.40. The van der Waals surface area contributed by atoms with E-state index in [4.69, 9.17) is 0 Å². The summed E-state index contributed by atoms with van der Waals surface area (Å²) in [6, 6.07) is 4.81. The maximum absolute atomic E-state index is 10.3. The molecule has 0 amide bonds. The summed E-state index contributed by atoms with van der Waals surface area (Å²) in [5.74, 6) is -2.81. The van der Waals surface area contributed by atoms with Crippen molar-refractivity contribution < 1.29 is 25.3 Å². The molecule has 0 aliphatic carbocycles. The molecule has 0 atom stereocenters. The van der Waals surface area contributed by atoms with Gasteiger partial charge >= 0.3 is 23.1 Å². The van der Waals surface area contributed by atoms with Gasteiger partial charge in [-0.1, -0.05) is 18.2 Å². The summed E-state index contributed by atoms with van der Waals surface area (Å²) in [7, 11) is 0. The third-order valence-electron chi connectivity index (χ3n) is 1.81. The summed E-state index contributed by atoms with van der Waals surface area (Å²) >= 11 is 0. The molecule has 100 valence electrons. The monoisotopic (exact) mass is 286 g/mol. The molecule has 0 bridgehead atoms. The standard InChI is InChI=1S/C8H6O4.C4H4N2.Mg.H2O/c9-7(10)5-2-1-3-6(4-5)8(11)12;1-2-6-4-3-5-1;;/h1-4H,(H,9,10)(H,11,12);1-4H;;1H2/q;;+2;/p-2. The van der Waals surface area contributed by atoms with Crippen molar-refractivity contribution in [1.29, 1.82) is 0 Å². The molecular formula is C12H10MgN2O5. The third kappa shape index (κ3) is 7.41. The Morgan fingerprint density at radius 2 is 1.20 bits per heavy atom. The van der Waals surface area contributed by atoms with Crippen LogP contribution in [0.4, 0.5) is 0 Å². The second kappa shape index (κ2) is 10.8. The van der Waals surface area contributed by atoms with E-state index in [1.165, 1.54) is 18.2 Å². The Kier molecular flexibility index (Phi) is 11.0. The van der Waals surface area contributed by atoms with Crippen LogP contribution in [0, 0.1) is 0 Å². The first kappa shape index (κ1) is 20.3. The Morgan fingerprint density at radius 3 is 1.45 bits per heavy atom. The van der Waals surface area contributed by atoms with Crippen LogP contribution in [-0.4, -0.2) is 50.4 Å². The molecule has 7 nitrogen and oxygen atoms in total. The molecule has 20 heavy (non-hydrogen) atoms. The minimum Gasteiger partial charge on any atom is -0.545 e. The fourth-order valence-electron chi connectivity index (χ4n) is 1.03. The summed E-state index contributed by atoms with van der Waals surface area (Å²) in [6.07, 6.45) is 6.56. The van der Waals surface area contributed by atoms with E-state index in [1.807, 2.05) is 0 Å². The van der Waals surface area contributed by atoms with Crippen LogP contribution in [-0.2, 0) is 0 Å². The van der Waals surface area contributed by atoms with Crippen LogP contribution in [0.5, 0.6) is 0 Å². The van der Waals surface area contributed by atoms with Crippen molar-refractivity contribution in [2.24, 2.45) is 0 Å². The van der Waals surface area contributed by atoms with Crippen LogP contribution in [0.2, 0.25) is 0 Å². The van der Waals surface area contributed by atoms with Crippen molar-refractivity contribution in [2.75, 3.05) is 0 Å². The molecule has 0 unspecified atom stereocenters. The number of hydrogen-bond acceptors (Lipinski definition) is 6. The second-order valence-corrected chi connectivity index (χ2v) is 3.05. The number of carboxylic acids is 2. The molecule has 0 aliphatic rings. The van der Waals surface area contributed by atoms with Gasteiger partial charge in [0.15, 0.2) is 0 Å². The first-order valence-corrected chi connectivity index (χ1v) is 4.84. The van der Waals surface area contributed by atoms with Gasteiger partial charge in [0.1, 0.15) is 0 Å². The Labute approximate surface area is 130 Å². The van der Waals surface area contributed by atoms with E-state index in [1.54, 1.807) is 24.8 Å². The van der Waals surface area contributed by atoms with Crippen LogP contribution < -0.4 is 10.2 Å². The molecule has 0 spiro atoms. The van der Waals surface area contributed by atoms with E-state index in [9.17, 15) is 19.8 Å². The summed E-state index contributed by atoms with van der Waals surface area (Å²) < 4.78 is 0. The number of rotatable bonds is 2. The van der Waals surface area contributed by atoms with Gasteiger partial charge in [-0.3, -0.25) is 9.97 Å². The van der Waals surface area contributed by atoms with Gasteiger partial charge < -0.3 is 25.3 Å². The number of carboxylic acid groups (broad SMARTS) is 2. The van der Waals surface area contributed by atoms with Crippen molar-refractivity contribution in [3.8, 4) is 0 Å². The van der Waals surface area contributed by atoms with Gasteiger partial charge in [-0.25, -0.2) is 0 Å². The van der Waals surface area contributed by atoms with Gasteiger partial charge in [-0.15, -0.1) is 0 Å². The number of benzene rings is 1. The zero-order chi connectivity index (χ0) is 13.4. The number of hydrogen-bond donors (Lipinski definition) is 0. The van der Waals surface area contributed by atoms with Gasteiger partial charge in [-0.2, -0.15) is 0 Å². The summed E-state index contributed by atoms with van der Waals surface area (Å²) in [6.45, 7) is 0. The number of aromatic carboxylic acids is 2. The summed E-state index contributed by atoms with van der Waals surface area (Å²) in [5.41, 5.74) is -0.339. The topological polar surface area (TPSA) is 138 Å². The molecule has 2 aromatic rings. The third-order valence-corrected chi connectivity index (χ3v) is 1.81. The molecule has 2 N–H and O–H groups in total. The Balaban J connectivity index is 0. The maximum atomic E-state index is 10.3. The van der Waals surface area contributed by atoms with E-state index < -0.39 is 11.9 Å². The molecule has 1 heterocycles. The fourth-order valence-corrected chi connectivity index (χ4v) is 1.03. The predicted molar refractivity (Wildman–Crippen MR) is 66.5 cm³/mol. The molecule has 1 aromatic heterocycles. The Morgan fingerprint density at radius 1 is 0.850 bits per heavy atom. The van der Waals surface area contributed by atoms with Crippen molar-refractivity contribution in [1.82, 2.24) is 9.97 Å². The van der Waals surface area contributed by atoms with Gasteiger partial charge in [0.05, 0.1) is 11.9 Å². The van der Waals surface area contributed by atoms with Crippen molar-refractivity contribution >= 4 is 35.0 Å². The smallest absolute Gasteiger partial charge is 0.545 e. The van der Waals surface area contributed by atoms with Crippen LogP contribution in [0.15, 0.2) is 49.1 Å². The van der Waals surface area contributed by atoms with Crippen molar-refractivity contribution in [3.63, 3.8) is 0 Å². The van der Waals surface area contributed by atoms with E-state index in [0.29, 0.717) is 0 Å². The summed E-state index contributed by atoms with van der Waals surface area (Å²) in [5, 5.41) is 20.5. The number of aromatic nitrogens is 2. The van der Waals surface area contributed by atoms with Crippen molar-refractivity contribution in [3.05, 3.63) is 60.2 Å². The van der Waals surface area contributed by atoms with Gasteiger partial charge in [0.25, 0.3) is 0 Å². The Hall–Kier alpha value is -2.03. The molecular weight excluding hydrogens is 276 g/mol. The Bertz CT molecular complexity index is 480. The molecule has 0 saturated carbocycles. The average Bonchev–Trinajstić information content (AvgIpc) is 2.41. The zero-order valence-corrected chi connectivity index (χ0v) is 11.8. The number of nitrogens with zero attached hydrogens (tertiary/aromatic N) is 2. The summed E-state index contributed by atoms with van der Waals surface area (Å²) in [4.78, 5) is 27.9. The first-order chi connectivity index (χ1) is 8.61. The molecule has 0 fully saturated rings. The van der Waals surface area contributed by atoms with Gasteiger partial charge in [0.2, 0.25) is 0 Å².